The topological polar surface area (TPSA) is 61.5 Å². The summed E-state index contributed by atoms with van der Waals surface area (Å²) < 4.78 is 9.99. The molecular formula is C15H23NO3S. The van der Waals surface area contributed by atoms with Crippen LogP contribution >= 0.6 is 11.8 Å². The van der Waals surface area contributed by atoms with Crippen molar-refractivity contribution >= 4 is 17.7 Å². The van der Waals surface area contributed by atoms with E-state index in [2.05, 4.69) is 4.74 Å². The maximum Gasteiger partial charge on any atom is 0.325 e. The molecule has 0 aliphatic rings. The highest BCUT2D eigenvalue weighted by molar-refractivity contribution is 7.99. The van der Waals surface area contributed by atoms with Gasteiger partial charge in [0, 0.05) is 4.90 Å². The molecule has 0 spiro atoms. The number of hydrogen-bond acceptors (Lipinski definition) is 5. The molecule has 4 nitrogen and oxygen atoms in total. The third-order valence-electron chi connectivity index (χ3n) is 3.07. The molecule has 0 bridgehead atoms. The maximum atomic E-state index is 11.4. The lowest BCUT2D eigenvalue weighted by atomic mass is 9.97. The molecule has 0 amide bonds. The Bertz CT molecular complexity index is 435. The largest absolute Gasteiger partial charge is 0.496 e. The molecule has 0 heterocycles. The van der Waals surface area contributed by atoms with Crippen LogP contribution in [-0.4, -0.2) is 31.5 Å². The zero-order valence-corrected chi connectivity index (χ0v) is 13.2. The van der Waals surface area contributed by atoms with Crippen molar-refractivity contribution in [1.29, 1.82) is 0 Å². The zero-order valence-electron chi connectivity index (χ0n) is 12.3. The molecule has 1 aromatic rings. The number of esters is 1. The normalized spacial score (nSPS) is 13.6. The number of unbranched alkanes of at least 4 members (excludes halogenated alkanes) is 1. The molecule has 5 heteroatoms. The minimum atomic E-state index is -0.885. The smallest absolute Gasteiger partial charge is 0.325 e. The Kier molecular flexibility index (Phi) is 6.88. The summed E-state index contributed by atoms with van der Waals surface area (Å²) in [5, 5.41) is 0. The van der Waals surface area contributed by atoms with E-state index in [1.54, 1.807) is 25.8 Å². The molecule has 0 radical (unpaired) electrons. The van der Waals surface area contributed by atoms with Gasteiger partial charge in [0.25, 0.3) is 0 Å². The highest BCUT2D eigenvalue weighted by Crippen LogP contribution is 2.29. The summed E-state index contributed by atoms with van der Waals surface area (Å²) >= 11 is 1.75. The number of ether oxygens (including phenoxy) is 2. The Morgan fingerprint density at radius 3 is 2.65 bits per heavy atom. The number of para-hydroxylation sites is 1. The van der Waals surface area contributed by atoms with Gasteiger partial charge in [-0.15, -0.1) is 11.8 Å². The Morgan fingerprint density at radius 2 is 2.00 bits per heavy atom. The molecule has 112 valence electrons. The van der Waals surface area contributed by atoms with Crippen molar-refractivity contribution in [3.63, 3.8) is 0 Å². The summed E-state index contributed by atoms with van der Waals surface area (Å²) in [5.74, 6) is 1.52. The van der Waals surface area contributed by atoms with Crippen LogP contribution in [0, 0.1) is 0 Å². The van der Waals surface area contributed by atoms with Crippen molar-refractivity contribution in [3.05, 3.63) is 24.3 Å². The quantitative estimate of drug-likeness (QED) is 0.454. The van der Waals surface area contributed by atoms with E-state index < -0.39 is 5.54 Å². The van der Waals surface area contributed by atoms with E-state index in [-0.39, 0.29) is 5.97 Å². The molecule has 0 saturated carbocycles. The molecule has 0 aliphatic heterocycles. The van der Waals surface area contributed by atoms with Crippen LogP contribution in [0.4, 0.5) is 0 Å². The Labute approximate surface area is 125 Å². The van der Waals surface area contributed by atoms with Gasteiger partial charge in [0.1, 0.15) is 11.3 Å². The first-order valence-corrected chi connectivity index (χ1v) is 7.63. The van der Waals surface area contributed by atoms with E-state index in [4.69, 9.17) is 10.5 Å². The number of nitrogens with two attached hydrogens (primary N) is 1. The average molecular weight is 297 g/mol. The summed E-state index contributed by atoms with van der Waals surface area (Å²) in [4.78, 5) is 12.6. The van der Waals surface area contributed by atoms with Crippen molar-refractivity contribution < 1.29 is 14.3 Å². The average Bonchev–Trinajstić information content (AvgIpc) is 2.46. The highest BCUT2D eigenvalue weighted by atomic mass is 32.2. The van der Waals surface area contributed by atoms with Crippen molar-refractivity contribution in [1.82, 2.24) is 0 Å². The van der Waals surface area contributed by atoms with Gasteiger partial charge in [-0.2, -0.15) is 0 Å². The first kappa shape index (κ1) is 16.9. The molecule has 1 unspecified atom stereocenters. The molecule has 0 aliphatic carbocycles. The second kappa shape index (κ2) is 8.17. The fourth-order valence-corrected chi connectivity index (χ4v) is 2.89. The van der Waals surface area contributed by atoms with Gasteiger partial charge in [-0.25, -0.2) is 0 Å². The molecule has 0 saturated heterocycles. The first-order chi connectivity index (χ1) is 9.51. The second-order valence-corrected chi connectivity index (χ2v) is 6.00. The van der Waals surface area contributed by atoms with Gasteiger partial charge in [0.2, 0.25) is 0 Å². The van der Waals surface area contributed by atoms with Crippen LogP contribution in [0.25, 0.3) is 0 Å². The monoisotopic (exact) mass is 297 g/mol. The van der Waals surface area contributed by atoms with Gasteiger partial charge in [-0.3, -0.25) is 4.79 Å². The Hall–Kier alpha value is -1.20. The lowest BCUT2D eigenvalue weighted by molar-refractivity contribution is -0.146. The van der Waals surface area contributed by atoms with Crippen molar-refractivity contribution in [2.75, 3.05) is 20.0 Å². The SMILES string of the molecule is COC(=O)C(C)(N)CCCCSc1ccccc1OC. The predicted octanol–water partition coefficient (Wildman–Crippen LogP) is 2.85. The molecule has 0 fully saturated rings. The Balaban J connectivity index is 2.30. The molecule has 1 rings (SSSR count). The van der Waals surface area contributed by atoms with Crippen LogP contribution in [0.2, 0.25) is 0 Å². The van der Waals surface area contributed by atoms with Gasteiger partial charge in [-0.05, 0) is 37.7 Å². The van der Waals surface area contributed by atoms with Crippen LogP contribution in [0.5, 0.6) is 5.75 Å². The van der Waals surface area contributed by atoms with Gasteiger partial charge < -0.3 is 15.2 Å². The zero-order chi connectivity index (χ0) is 15.0. The van der Waals surface area contributed by atoms with Gasteiger partial charge in [0.05, 0.1) is 14.2 Å². The van der Waals surface area contributed by atoms with Gasteiger partial charge in [0.15, 0.2) is 0 Å². The standard InChI is InChI=1S/C15H23NO3S/c1-15(16,14(17)19-3)10-6-7-11-20-13-9-5-4-8-12(13)18-2/h4-5,8-9H,6-7,10-11,16H2,1-3H3. The summed E-state index contributed by atoms with van der Waals surface area (Å²) in [5.41, 5.74) is 5.02. The second-order valence-electron chi connectivity index (χ2n) is 4.87. The van der Waals surface area contributed by atoms with E-state index in [0.717, 1.165) is 29.2 Å². The summed E-state index contributed by atoms with van der Waals surface area (Å²) in [6.45, 7) is 1.71. The number of methoxy groups -OCH3 is 2. The number of benzene rings is 1. The maximum absolute atomic E-state index is 11.4. The summed E-state index contributed by atoms with van der Waals surface area (Å²) in [7, 11) is 3.04. The number of carbonyl (C=O) groups excluding carboxylic acids is 1. The molecular weight excluding hydrogens is 274 g/mol. The van der Waals surface area contributed by atoms with Gasteiger partial charge >= 0.3 is 5.97 Å². The molecule has 1 aromatic carbocycles. The first-order valence-electron chi connectivity index (χ1n) is 6.64. The number of hydrogen-bond donors (Lipinski definition) is 1. The third kappa shape index (κ3) is 5.06. The molecule has 0 aromatic heterocycles. The van der Waals surface area contributed by atoms with Crippen molar-refractivity contribution in [2.24, 2.45) is 5.73 Å². The fourth-order valence-electron chi connectivity index (χ4n) is 1.85. The van der Waals surface area contributed by atoms with Crippen molar-refractivity contribution in [3.8, 4) is 5.75 Å². The predicted molar refractivity (Wildman–Crippen MR) is 82.2 cm³/mol. The number of rotatable bonds is 8. The molecule has 1 atom stereocenters. The van der Waals surface area contributed by atoms with E-state index >= 15 is 0 Å². The fraction of sp³-hybridized carbons (Fsp3) is 0.533. The Morgan fingerprint density at radius 1 is 1.30 bits per heavy atom. The van der Waals surface area contributed by atoms with Crippen LogP contribution in [0.3, 0.4) is 0 Å². The van der Waals surface area contributed by atoms with Gasteiger partial charge in [-0.1, -0.05) is 18.6 Å². The highest BCUT2D eigenvalue weighted by Gasteiger charge is 2.28. The van der Waals surface area contributed by atoms with Crippen molar-refractivity contribution in [2.45, 2.75) is 36.6 Å². The lowest BCUT2D eigenvalue weighted by Gasteiger charge is -2.21. The minimum absolute atomic E-state index is 0.352. The van der Waals surface area contributed by atoms with E-state index in [1.165, 1.54) is 7.11 Å². The van der Waals surface area contributed by atoms with Crippen LogP contribution < -0.4 is 10.5 Å². The minimum Gasteiger partial charge on any atom is -0.496 e. The van der Waals surface area contributed by atoms with E-state index in [9.17, 15) is 4.79 Å². The van der Waals surface area contributed by atoms with E-state index in [0.29, 0.717) is 6.42 Å². The third-order valence-corrected chi connectivity index (χ3v) is 4.21. The summed E-state index contributed by atoms with van der Waals surface area (Å²) in [6, 6.07) is 7.96. The molecule has 2 N–H and O–H groups in total. The van der Waals surface area contributed by atoms with Crippen LogP contribution in [0.1, 0.15) is 26.2 Å². The lowest BCUT2D eigenvalue weighted by Crippen LogP contribution is -2.45. The van der Waals surface area contributed by atoms with E-state index in [1.807, 2.05) is 24.3 Å². The van der Waals surface area contributed by atoms with Crippen LogP contribution in [-0.2, 0) is 9.53 Å². The molecule has 20 heavy (non-hydrogen) atoms. The number of thioether (sulfide) groups is 1. The van der Waals surface area contributed by atoms with Crippen LogP contribution in [0.15, 0.2) is 29.2 Å². The number of carbonyl (C=O) groups is 1. The summed E-state index contributed by atoms with van der Waals surface area (Å²) in [6.07, 6.45) is 2.52.